The van der Waals surface area contributed by atoms with Crippen molar-refractivity contribution < 1.29 is 14.3 Å². The minimum Gasteiger partial charge on any atom is -0.493 e. The number of hydrogen-bond donors (Lipinski definition) is 0. The summed E-state index contributed by atoms with van der Waals surface area (Å²) in [6.45, 7) is 0. The monoisotopic (exact) mass is 324 g/mol. The van der Waals surface area contributed by atoms with Gasteiger partial charge in [0.05, 0.1) is 31.2 Å². The molecule has 0 spiro atoms. The molecule has 1 aliphatic carbocycles. The molecular formula is C17H16N4O3. The number of rotatable bonds is 3. The van der Waals surface area contributed by atoms with E-state index in [1.165, 1.54) is 6.33 Å². The molecule has 4 rings (SSSR count). The SMILES string of the molecule is COc1ccc(-c2c3c(nc4ncnn24)CCCC3=O)cc1OC. The van der Waals surface area contributed by atoms with Gasteiger partial charge in [0.25, 0.3) is 5.78 Å². The summed E-state index contributed by atoms with van der Waals surface area (Å²) in [5, 5.41) is 4.25. The lowest BCUT2D eigenvalue weighted by molar-refractivity contribution is 0.0971. The molecule has 122 valence electrons. The summed E-state index contributed by atoms with van der Waals surface area (Å²) in [7, 11) is 3.17. The summed E-state index contributed by atoms with van der Waals surface area (Å²) >= 11 is 0. The van der Waals surface area contributed by atoms with Gasteiger partial charge in [0, 0.05) is 12.0 Å². The number of ketones is 1. The molecule has 0 saturated carbocycles. The highest BCUT2D eigenvalue weighted by Crippen LogP contribution is 2.36. The maximum Gasteiger partial charge on any atom is 0.252 e. The first-order valence-corrected chi connectivity index (χ1v) is 7.71. The van der Waals surface area contributed by atoms with Crippen molar-refractivity contribution >= 4 is 11.6 Å². The Balaban J connectivity index is 2.04. The standard InChI is InChI=1S/C17H16N4O3/c1-23-13-7-6-10(8-14(13)24-2)16-15-11(4-3-5-12(15)22)20-17-18-9-19-21(16)17/h6-9H,3-5H2,1-2H3. The number of carbonyl (C=O) groups excluding carboxylic acids is 1. The quantitative estimate of drug-likeness (QED) is 0.736. The largest absolute Gasteiger partial charge is 0.493 e. The van der Waals surface area contributed by atoms with Crippen molar-refractivity contribution in [1.29, 1.82) is 0 Å². The smallest absolute Gasteiger partial charge is 0.252 e. The second kappa shape index (κ2) is 5.59. The lowest BCUT2D eigenvalue weighted by atomic mass is 9.91. The van der Waals surface area contributed by atoms with Crippen LogP contribution in [0.25, 0.3) is 17.0 Å². The molecule has 0 radical (unpaired) electrons. The number of aryl methyl sites for hydroxylation is 1. The molecule has 2 heterocycles. The van der Waals surface area contributed by atoms with Gasteiger partial charge in [-0.25, -0.2) is 4.98 Å². The Morgan fingerprint density at radius 2 is 1.96 bits per heavy atom. The van der Waals surface area contributed by atoms with Crippen LogP contribution in [0.15, 0.2) is 24.5 Å². The van der Waals surface area contributed by atoms with E-state index in [-0.39, 0.29) is 5.78 Å². The van der Waals surface area contributed by atoms with E-state index in [1.807, 2.05) is 18.2 Å². The zero-order chi connectivity index (χ0) is 16.7. The van der Waals surface area contributed by atoms with Crippen LogP contribution in [0.1, 0.15) is 28.9 Å². The Bertz CT molecular complexity index is 948. The van der Waals surface area contributed by atoms with Crippen LogP contribution in [-0.2, 0) is 6.42 Å². The van der Waals surface area contributed by atoms with Crippen molar-refractivity contribution in [3.05, 3.63) is 35.8 Å². The molecule has 2 aromatic heterocycles. The van der Waals surface area contributed by atoms with Gasteiger partial charge in [-0.1, -0.05) is 0 Å². The molecule has 7 nitrogen and oxygen atoms in total. The zero-order valence-electron chi connectivity index (χ0n) is 13.4. The minimum atomic E-state index is 0.0888. The summed E-state index contributed by atoms with van der Waals surface area (Å²) in [4.78, 5) is 21.3. The maximum absolute atomic E-state index is 12.6. The number of nitrogens with zero attached hydrogens (tertiary/aromatic N) is 4. The first-order chi connectivity index (χ1) is 11.7. The highest BCUT2D eigenvalue weighted by atomic mass is 16.5. The van der Waals surface area contributed by atoms with E-state index in [4.69, 9.17) is 9.47 Å². The fourth-order valence-electron chi connectivity index (χ4n) is 3.15. The first kappa shape index (κ1) is 14.6. The van der Waals surface area contributed by atoms with Crippen LogP contribution in [-0.4, -0.2) is 39.6 Å². The van der Waals surface area contributed by atoms with Crippen LogP contribution >= 0.6 is 0 Å². The lowest BCUT2D eigenvalue weighted by Gasteiger charge is -2.19. The average Bonchev–Trinajstić information content (AvgIpc) is 3.07. The third-order valence-electron chi connectivity index (χ3n) is 4.26. The fraction of sp³-hybridized carbons (Fsp3) is 0.294. The van der Waals surface area contributed by atoms with Gasteiger partial charge in [0.1, 0.15) is 6.33 Å². The Morgan fingerprint density at radius 3 is 2.75 bits per heavy atom. The number of carbonyl (C=O) groups is 1. The summed E-state index contributed by atoms with van der Waals surface area (Å²) in [5.41, 5.74) is 2.94. The van der Waals surface area contributed by atoms with Crippen LogP contribution in [0.4, 0.5) is 0 Å². The lowest BCUT2D eigenvalue weighted by Crippen LogP contribution is -2.17. The zero-order valence-corrected chi connectivity index (χ0v) is 13.4. The molecule has 1 aromatic carbocycles. The Kier molecular flexibility index (Phi) is 3.41. The number of aromatic nitrogens is 4. The Morgan fingerprint density at radius 1 is 1.12 bits per heavy atom. The van der Waals surface area contributed by atoms with Crippen molar-refractivity contribution in [1.82, 2.24) is 19.6 Å². The first-order valence-electron chi connectivity index (χ1n) is 7.71. The van der Waals surface area contributed by atoms with E-state index in [0.29, 0.717) is 35.0 Å². The van der Waals surface area contributed by atoms with Crippen molar-refractivity contribution in [3.8, 4) is 22.8 Å². The second-order valence-electron chi connectivity index (χ2n) is 5.60. The molecule has 0 N–H and O–H groups in total. The van der Waals surface area contributed by atoms with E-state index < -0.39 is 0 Å². The van der Waals surface area contributed by atoms with Gasteiger partial charge >= 0.3 is 0 Å². The maximum atomic E-state index is 12.6. The summed E-state index contributed by atoms with van der Waals surface area (Å²) in [6, 6.07) is 5.55. The molecular weight excluding hydrogens is 308 g/mol. The molecule has 0 unspecified atom stereocenters. The molecule has 0 aliphatic heterocycles. The summed E-state index contributed by atoms with van der Waals surface area (Å²) < 4.78 is 12.3. The second-order valence-corrected chi connectivity index (χ2v) is 5.60. The number of methoxy groups -OCH3 is 2. The van der Waals surface area contributed by atoms with Crippen LogP contribution in [0.5, 0.6) is 11.5 Å². The van der Waals surface area contributed by atoms with Gasteiger partial charge in [-0.05, 0) is 31.0 Å². The topological polar surface area (TPSA) is 78.6 Å². The average molecular weight is 324 g/mol. The molecule has 7 heteroatoms. The normalized spacial score (nSPS) is 13.8. The molecule has 0 bridgehead atoms. The van der Waals surface area contributed by atoms with Crippen molar-refractivity contribution in [2.75, 3.05) is 14.2 Å². The molecule has 0 saturated heterocycles. The fourth-order valence-corrected chi connectivity index (χ4v) is 3.15. The van der Waals surface area contributed by atoms with Gasteiger partial charge in [0.15, 0.2) is 17.3 Å². The highest BCUT2D eigenvalue weighted by Gasteiger charge is 2.26. The predicted octanol–water partition coefficient (Wildman–Crippen LogP) is 2.33. The van der Waals surface area contributed by atoms with Crippen LogP contribution < -0.4 is 9.47 Å². The van der Waals surface area contributed by atoms with E-state index >= 15 is 0 Å². The van der Waals surface area contributed by atoms with Gasteiger partial charge in [-0.15, -0.1) is 0 Å². The van der Waals surface area contributed by atoms with Gasteiger partial charge < -0.3 is 9.47 Å². The van der Waals surface area contributed by atoms with E-state index in [1.54, 1.807) is 18.7 Å². The van der Waals surface area contributed by atoms with Crippen LogP contribution in [0.2, 0.25) is 0 Å². The van der Waals surface area contributed by atoms with Gasteiger partial charge in [-0.2, -0.15) is 14.6 Å². The van der Waals surface area contributed by atoms with E-state index in [2.05, 4.69) is 15.1 Å². The number of fused-ring (bicyclic) bond motifs is 2. The van der Waals surface area contributed by atoms with Crippen molar-refractivity contribution in [2.45, 2.75) is 19.3 Å². The van der Waals surface area contributed by atoms with E-state index in [9.17, 15) is 4.79 Å². The number of hydrogen-bond acceptors (Lipinski definition) is 6. The van der Waals surface area contributed by atoms with Crippen molar-refractivity contribution in [3.63, 3.8) is 0 Å². The molecule has 3 aromatic rings. The van der Waals surface area contributed by atoms with Crippen LogP contribution in [0.3, 0.4) is 0 Å². The third-order valence-corrected chi connectivity index (χ3v) is 4.26. The third kappa shape index (κ3) is 2.12. The summed E-state index contributed by atoms with van der Waals surface area (Å²) in [5.74, 6) is 1.81. The predicted molar refractivity (Wildman–Crippen MR) is 86.6 cm³/mol. The molecule has 24 heavy (non-hydrogen) atoms. The Labute approximate surface area is 138 Å². The van der Waals surface area contributed by atoms with Crippen LogP contribution in [0, 0.1) is 0 Å². The minimum absolute atomic E-state index is 0.0888. The van der Waals surface area contributed by atoms with Crippen molar-refractivity contribution in [2.24, 2.45) is 0 Å². The van der Waals surface area contributed by atoms with Gasteiger partial charge in [0.2, 0.25) is 0 Å². The molecule has 0 fully saturated rings. The molecule has 1 aliphatic rings. The molecule has 0 atom stereocenters. The Hall–Kier alpha value is -2.96. The number of benzene rings is 1. The summed E-state index contributed by atoms with van der Waals surface area (Å²) in [6.07, 6.45) is 3.55. The highest BCUT2D eigenvalue weighted by molar-refractivity contribution is 6.03. The van der Waals surface area contributed by atoms with E-state index in [0.717, 1.165) is 24.1 Å². The van der Waals surface area contributed by atoms with Gasteiger partial charge in [-0.3, -0.25) is 4.79 Å². The number of Topliss-reactive ketones (excluding diaryl/α,β-unsaturated/α-hetero) is 1. The molecule has 0 amide bonds. The number of ether oxygens (including phenoxy) is 2.